The van der Waals surface area contributed by atoms with Gasteiger partial charge in [0.25, 0.3) is 5.91 Å². The molecule has 0 spiro atoms. The van der Waals surface area contributed by atoms with Gasteiger partial charge in [-0.3, -0.25) is 14.5 Å². The van der Waals surface area contributed by atoms with Crippen LogP contribution in [0.25, 0.3) is 0 Å². The molecule has 0 saturated carbocycles. The van der Waals surface area contributed by atoms with Gasteiger partial charge in [-0.05, 0) is 54.4 Å². The van der Waals surface area contributed by atoms with Crippen molar-refractivity contribution >= 4 is 33.4 Å². The average Bonchev–Trinajstić information content (AvgIpc) is 2.34. The van der Waals surface area contributed by atoms with E-state index in [0.29, 0.717) is 16.6 Å². The van der Waals surface area contributed by atoms with Crippen LogP contribution >= 0.6 is 15.9 Å². The first-order valence-corrected chi connectivity index (χ1v) is 7.18. The van der Waals surface area contributed by atoms with E-state index in [4.69, 9.17) is 0 Å². The van der Waals surface area contributed by atoms with Gasteiger partial charge in [-0.15, -0.1) is 0 Å². The van der Waals surface area contributed by atoms with E-state index in [-0.39, 0.29) is 11.8 Å². The predicted molar refractivity (Wildman–Crippen MR) is 77.9 cm³/mol. The zero-order valence-electron chi connectivity index (χ0n) is 11.5. The molecule has 0 aromatic heterocycles. The molecular formula is C14H16BrFN2O2. The van der Waals surface area contributed by atoms with Crippen molar-refractivity contribution in [1.29, 1.82) is 0 Å². The summed E-state index contributed by atoms with van der Waals surface area (Å²) >= 11 is 3.26. The van der Waals surface area contributed by atoms with E-state index >= 15 is 0 Å². The van der Waals surface area contributed by atoms with Gasteiger partial charge in [-0.1, -0.05) is 6.92 Å². The second kappa shape index (κ2) is 5.16. The molecule has 1 aromatic rings. The molecule has 1 unspecified atom stereocenters. The third-order valence-corrected chi connectivity index (χ3v) is 3.99. The zero-order valence-corrected chi connectivity index (χ0v) is 13.1. The monoisotopic (exact) mass is 342 g/mol. The average molecular weight is 343 g/mol. The Morgan fingerprint density at radius 1 is 1.40 bits per heavy atom. The number of rotatable bonds is 2. The van der Waals surface area contributed by atoms with Crippen LogP contribution in [0.4, 0.5) is 10.1 Å². The van der Waals surface area contributed by atoms with Crippen LogP contribution in [0, 0.1) is 5.82 Å². The third-order valence-electron chi connectivity index (χ3n) is 3.36. The van der Waals surface area contributed by atoms with Gasteiger partial charge in [-0.2, -0.15) is 0 Å². The first-order chi connectivity index (χ1) is 9.27. The number of hydrogen-bond acceptors (Lipinski definition) is 2. The minimum atomic E-state index is -0.976. The minimum absolute atomic E-state index is 0.201. The Bertz CT molecular complexity index is 574. The normalized spacial score (nSPS) is 21.9. The number of carbonyl (C=O) groups is 2. The number of nitrogens with zero attached hydrogens (tertiary/aromatic N) is 1. The standard InChI is InChI=1S/C14H16BrFN2O2/c1-4-10-12(19)17-14(2,3)13(20)18(10)11-6-5-8(16)7-9(11)15/h5-7,10H,4H2,1-3H3,(H,17,19). The number of hydrogen-bond donors (Lipinski definition) is 1. The molecule has 1 fully saturated rings. The van der Waals surface area contributed by atoms with E-state index in [1.807, 2.05) is 6.92 Å². The summed E-state index contributed by atoms with van der Waals surface area (Å²) in [6, 6.07) is 3.49. The van der Waals surface area contributed by atoms with Gasteiger partial charge in [0.1, 0.15) is 17.4 Å². The van der Waals surface area contributed by atoms with Gasteiger partial charge in [0, 0.05) is 4.47 Å². The van der Waals surface area contributed by atoms with Crippen LogP contribution in [0.15, 0.2) is 22.7 Å². The summed E-state index contributed by atoms with van der Waals surface area (Å²) in [5, 5.41) is 2.72. The van der Waals surface area contributed by atoms with E-state index in [1.54, 1.807) is 13.8 Å². The van der Waals surface area contributed by atoms with Crippen LogP contribution in [0.3, 0.4) is 0 Å². The molecule has 2 amide bonds. The second-order valence-corrected chi connectivity index (χ2v) is 6.16. The number of carbonyl (C=O) groups excluding carboxylic acids is 2. The largest absolute Gasteiger partial charge is 0.340 e. The minimum Gasteiger partial charge on any atom is -0.340 e. The van der Waals surface area contributed by atoms with Crippen molar-refractivity contribution in [2.45, 2.75) is 38.8 Å². The lowest BCUT2D eigenvalue weighted by atomic mass is 9.95. The molecule has 6 heteroatoms. The topological polar surface area (TPSA) is 49.4 Å². The van der Waals surface area contributed by atoms with Gasteiger partial charge in [0.05, 0.1) is 5.69 Å². The lowest BCUT2D eigenvalue weighted by Gasteiger charge is -2.42. The maximum absolute atomic E-state index is 13.2. The van der Waals surface area contributed by atoms with Crippen LogP contribution in [0.5, 0.6) is 0 Å². The molecular weight excluding hydrogens is 327 g/mol. The number of piperazine rings is 1. The fourth-order valence-corrected chi connectivity index (χ4v) is 2.87. The summed E-state index contributed by atoms with van der Waals surface area (Å²) in [5.74, 6) is -0.813. The van der Waals surface area contributed by atoms with Crippen molar-refractivity contribution in [1.82, 2.24) is 5.32 Å². The fraction of sp³-hybridized carbons (Fsp3) is 0.429. The highest BCUT2D eigenvalue weighted by Crippen LogP contribution is 2.33. The molecule has 1 aromatic carbocycles. The van der Waals surface area contributed by atoms with Crippen LogP contribution in [-0.2, 0) is 9.59 Å². The lowest BCUT2D eigenvalue weighted by Crippen LogP contribution is -2.68. The molecule has 2 rings (SSSR count). The smallest absolute Gasteiger partial charge is 0.252 e. The first-order valence-electron chi connectivity index (χ1n) is 6.38. The van der Waals surface area contributed by atoms with Crippen molar-refractivity contribution in [2.75, 3.05) is 4.90 Å². The van der Waals surface area contributed by atoms with Gasteiger partial charge in [-0.25, -0.2) is 4.39 Å². The number of benzene rings is 1. The number of nitrogens with one attached hydrogen (secondary N) is 1. The molecule has 20 heavy (non-hydrogen) atoms. The number of amides is 2. The van der Waals surface area contributed by atoms with Crippen molar-refractivity contribution in [3.05, 3.63) is 28.5 Å². The van der Waals surface area contributed by atoms with E-state index in [0.717, 1.165) is 0 Å². The molecule has 1 saturated heterocycles. The Hall–Kier alpha value is -1.43. The molecule has 0 bridgehead atoms. The molecule has 4 nitrogen and oxygen atoms in total. The summed E-state index contributed by atoms with van der Waals surface area (Å²) in [5.41, 5.74) is -0.470. The molecule has 0 aliphatic carbocycles. The Kier molecular flexibility index (Phi) is 3.86. The Labute approximate surface area is 125 Å². The lowest BCUT2D eigenvalue weighted by molar-refractivity contribution is -0.137. The first kappa shape index (κ1) is 15.0. The second-order valence-electron chi connectivity index (χ2n) is 5.31. The third kappa shape index (κ3) is 2.44. The number of anilines is 1. The SMILES string of the molecule is CCC1C(=O)NC(C)(C)C(=O)N1c1ccc(F)cc1Br. The maximum Gasteiger partial charge on any atom is 0.252 e. The van der Waals surface area contributed by atoms with Crippen LogP contribution < -0.4 is 10.2 Å². The van der Waals surface area contributed by atoms with Crippen molar-refractivity contribution in [3.63, 3.8) is 0 Å². The Morgan fingerprint density at radius 2 is 2.05 bits per heavy atom. The van der Waals surface area contributed by atoms with E-state index in [1.165, 1.54) is 23.1 Å². The molecule has 1 aliphatic heterocycles. The van der Waals surface area contributed by atoms with Crippen LogP contribution in [0.2, 0.25) is 0 Å². The number of halogens is 2. The van der Waals surface area contributed by atoms with Gasteiger partial charge >= 0.3 is 0 Å². The Morgan fingerprint density at radius 3 is 2.60 bits per heavy atom. The van der Waals surface area contributed by atoms with E-state index in [2.05, 4.69) is 21.2 Å². The maximum atomic E-state index is 13.2. The van der Waals surface area contributed by atoms with Crippen molar-refractivity contribution in [2.24, 2.45) is 0 Å². The van der Waals surface area contributed by atoms with Crippen LogP contribution in [0.1, 0.15) is 27.2 Å². The fourth-order valence-electron chi connectivity index (χ4n) is 2.33. The quantitative estimate of drug-likeness (QED) is 0.898. The zero-order chi connectivity index (χ0) is 15.1. The highest BCUT2D eigenvalue weighted by molar-refractivity contribution is 9.10. The summed E-state index contributed by atoms with van der Waals surface area (Å²) in [4.78, 5) is 26.2. The molecule has 0 radical (unpaired) electrons. The highest BCUT2D eigenvalue weighted by Gasteiger charge is 2.45. The summed E-state index contributed by atoms with van der Waals surface area (Å²) < 4.78 is 13.7. The molecule has 1 aliphatic rings. The predicted octanol–water partition coefficient (Wildman–Crippen LogP) is 2.61. The van der Waals surface area contributed by atoms with Gasteiger partial charge in [0.15, 0.2) is 0 Å². The molecule has 1 heterocycles. The summed E-state index contributed by atoms with van der Waals surface area (Å²) in [6.45, 7) is 5.15. The molecule has 108 valence electrons. The van der Waals surface area contributed by atoms with Gasteiger partial charge < -0.3 is 5.32 Å². The Balaban J connectivity index is 2.54. The van der Waals surface area contributed by atoms with Crippen molar-refractivity contribution < 1.29 is 14.0 Å². The van der Waals surface area contributed by atoms with Crippen LogP contribution in [-0.4, -0.2) is 23.4 Å². The highest BCUT2D eigenvalue weighted by atomic mass is 79.9. The van der Waals surface area contributed by atoms with E-state index < -0.39 is 17.4 Å². The molecule has 1 atom stereocenters. The van der Waals surface area contributed by atoms with E-state index in [9.17, 15) is 14.0 Å². The molecule has 1 N–H and O–H groups in total. The van der Waals surface area contributed by atoms with Gasteiger partial charge in [0.2, 0.25) is 5.91 Å². The van der Waals surface area contributed by atoms with Crippen molar-refractivity contribution in [3.8, 4) is 0 Å². The summed E-state index contributed by atoms with van der Waals surface area (Å²) in [6.07, 6.45) is 0.484. The summed E-state index contributed by atoms with van der Waals surface area (Å²) in [7, 11) is 0.